The van der Waals surface area contributed by atoms with E-state index in [4.69, 9.17) is 10.2 Å². The Morgan fingerprint density at radius 1 is 1.58 bits per heavy atom. The summed E-state index contributed by atoms with van der Waals surface area (Å²) < 4.78 is 1.57. The molecule has 0 aromatic heterocycles. The molecule has 0 aromatic rings. The molecule has 0 atom stereocenters. The molecule has 0 aliphatic heterocycles. The summed E-state index contributed by atoms with van der Waals surface area (Å²) in [5.41, 5.74) is 0.844. The van der Waals surface area contributed by atoms with E-state index in [1.54, 1.807) is 17.4 Å². The molecule has 0 saturated carbocycles. The quantitative estimate of drug-likeness (QED) is 0.572. The average molecular weight is 338 g/mol. The van der Waals surface area contributed by atoms with Crippen molar-refractivity contribution in [3.63, 3.8) is 0 Å². The van der Waals surface area contributed by atoms with Crippen LogP contribution in [-0.2, 0) is 24.1 Å². The summed E-state index contributed by atoms with van der Waals surface area (Å²) >= 11 is 1.08. The molecule has 0 bridgehead atoms. The fourth-order valence-electron chi connectivity index (χ4n) is 0.566. The van der Waals surface area contributed by atoms with Crippen LogP contribution in [0.5, 0.6) is 0 Å². The predicted octanol–water partition coefficient (Wildman–Crippen LogP) is 0.285. The second-order valence-electron chi connectivity index (χ2n) is 2.04. The second-order valence-corrected chi connectivity index (χ2v) is 2.89. The first-order chi connectivity index (χ1) is 5.65. The Labute approximate surface area is 81.8 Å². The van der Waals surface area contributed by atoms with Crippen molar-refractivity contribution >= 4 is 10.4 Å². The van der Waals surface area contributed by atoms with E-state index in [0.717, 1.165) is 19.4 Å². The zero-order chi connectivity index (χ0) is 9.56. The van der Waals surface area contributed by atoms with Gasteiger partial charge in [-0.1, -0.05) is 0 Å². The molecule has 0 aromatic carbocycles. The molecular weight excluding hydrogens is 328 g/mol. The molecule has 0 rings (SSSR count). The zero-order valence-corrected chi connectivity index (χ0v) is 9.58. The third-order valence-electron chi connectivity index (χ3n) is 1.27. The Morgan fingerprint density at radius 3 is 2.42 bits per heavy atom. The first-order valence-corrected chi connectivity index (χ1v) is 5.01. The van der Waals surface area contributed by atoms with Crippen molar-refractivity contribution in [3.8, 4) is 0 Å². The minimum atomic E-state index is -0.960. The number of carbonyl (C=O) groups is 1. The Balaban J connectivity index is 4.70. The van der Waals surface area contributed by atoms with Crippen molar-refractivity contribution in [1.29, 1.82) is 0 Å². The zero-order valence-electron chi connectivity index (χ0n) is 6.65. The molecule has 0 spiro atoms. The molecule has 12 heavy (non-hydrogen) atoms. The molecule has 0 aliphatic carbocycles. The van der Waals surface area contributed by atoms with Crippen molar-refractivity contribution in [2.75, 3.05) is 6.61 Å². The molecule has 2 N–H and O–H groups in total. The Morgan fingerprint density at radius 2 is 2.17 bits per heavy atom. The van der Waals surface area contributed by atoms with E-state index in [9.17, 15) is 4.79 Å². The molecule has 0 amide bonds. The molecule has 3 nitrogen and oxygen atoms in total. The number of rotatable bonds is 4. The van der Waals surface area contributed by atoms with E-state index in [2.05, 4.69) is 0 Å². The van der Waals surface area contributed by atoms with Crippen LogP contribution in [0.4, 0.5) is 0 Å². The van der Waals surface area contributed by atoms with Crippen molar-refractivity contribution in [1.82, 2.24) is 0 Å². The number of carboxylic acids is 1. The van der Waals surface area contributed by atoms with E-state index < -0.39 is 5.97 Å². The van der Waals surface area contributed by atoms with Crippen LogP contribution in [0.15, 0.2) is 23.3 Å². The normalized spacial score (nSPS) is 12.8. The van der Waals surface area contributed by atoms with Crippen molar-refractivity contribution in [2.24, 2.45) is 0 Å². The molecule has 0 heterocycles. The SMILES string of the molecule is CC=C(/C=C(\[CH]=[W])C(=O)O)CO. The van der Waals surface area contributed by atoms with Gasteiger partial charge in [-0.15, -0.1) is 0 Å². The summed E-state index contributed by atoms with van der Waals surface area (Å²) in [5, 5.41) is 17.4. The van der Waals surface area contributed by atoms with Crippen LogP contribution in [-0.4, -0.2) is 27.2 Å². The van der Waals surface area contributed by atoms with Crippen LogP contribution in [0, 0.1) is 0 Å². The van der Waals surface area contributed by atoms with Gasteiger partial charge in [-0.2, -0.15) is 0 Å². The van der Waals surface area contributed by atoms with Gasteiger partial charge >= 0.3 is 81.6 Å². The van der Waals surface area contributed by atoms with Gasteiger partial charge in [0.2, 0.25) is 0 Å². The summed E-state index contributed by atoms with van der Waals surface area (Å²) in [6.45, 7) is 1.63. The fraction of sp³-hybridized carbons (Fsp3) is 0.250. The number of aliphatic hydroxyl groups excluding tert-OH is 1. The fourth-order valence-corrected chi connectivity index (χ4v) is 1.17. The van der Waals surface area contributed by atoms with Gasteiger partial charge in [0.15, 0.2) is 0 Å². The molecule has 66 valence electrons. The summed E-state index contributed by atoms with van der Waals surface area (Å²) in [6.07, 6.45) is 3.15. The first-order valence-electron chi connectivity index (χ1n) is 3.32. The van der Waals surface area contributed by atoms with Gasteiger partial charge in [-0.05, 0) is 0 Å². The van der Waals surface area contributed by atoms with Crippen LogP contribution in [0.3, 0.4) is 0 Å². The number of hydrogen-bond donors (Lipinski definition) is 2. The standard InChI is InChI=1S/C8H10O3.W/c1-3-7(5-9)4-6(2)8(10)11;/h2-4,9H,5H2,1H3,(H,10,11);/b6-4+,7-3?;. The molecule has 0 fully saturated rings. The summed E-state index contributed by atoms with van der Waals surface area (Å²) in [4.78, 5) is 10.5. The van der Waals surface area contributed by atoms with Crippen LogP contribution in [0.1, 0.15) is 6.92 Å². The van der Waals surface area contributed by atoms with E-state index in [1.807, 2.05) is 0 Å². The third kappa shape index (κ3) is 3.74. The summed E-state index contributed by atoms with van der Waals surface area (Å²) in [7, 11) is 0. The molecule has 0 radical (unpaired) electrons. The third-order valence-corrected chi connectivity index (χ3v) is 2.18. The van der Waals surface area contributed by atoms with Crippen LogP contribution in [0.25, 0.3) is 0 Å². The Bertz CT molecular complexity index is 241. The Kier molecular flexibility index (Phi) is 5.77. The van der Waals surface area contributed by atoms with E-state index in [-0.39, 0.29) is 12.2 Å². The minimum absolute atomic E-state index is 0.129. The number of aliphatic hydroxyl groups is 1. The van der Waals surface area contributed by atoms with Gasteiger partial charge < -0.3 is 0 Å². The van der Waals surface area contributed by atoms with E-state index in [1.165, 1.54) is 6.08 Å². The number of aliphatic carboxylic acids is 1. The number of hydrogen-bond acceptors (Lipinski definition) is 2. The summed E-state index contributed by atoms with van der Waals surface area (Å²) in [6, 6.07) is 0. The first kappa shape index (κ1) is 11.5. The molecule has 0 aliphatic rings. The molecular formula is C8H10O3W. The predicted molar refractivity (Wildman–Crippen MR) is 42.6 cm³/mol. The summed E-state index contributed by atoms with van der Waals surface area (Å²) in [5.74, 6) is -0.960. The maximum atomic E-state index is 10.5. The van der Waals surface area contributed by atoms with Crippen LogP contribution < -0.4 is 0 Å². The van der Waals surface area contributed by atoms with E-state index >= 15 is 0 Å². The van der Waals surface area contributed by atoms with Crippen LogP contribution >= 0.6 is 0 Å². The average Bonchev–Trinajstić information content (AvgIpc) is 2.06. The monoisotopic (exact) mass is 338 g/mol. The second kappa shape index (κ2) is 6.04. The van der Waals surface area contributed by atoms with Gasteiger partial charge in [0.1, 0.15) is 0 Å². The number of carboxylic acid groups (broad SMARTS) is 1. The van der Waals surface area contributed by atoms with Gasteiger partial charge in [0, 0.05) is 0 Å². The van der Waals surface area contributed by atoms with Gasteiger partial charge in [0.05, 0.1) is 0 Å². The van der Waals surface area contributed by atoms with Crippen molar-refractivity contribution in [3.05, 3.63) is 23.3 Å². The van der Waals surface area contributed by atoms with Gasteiger partial charge in [-0.3, -0.25) is 0 Å². The van der Waals surface area contributed by atoms with Gasteiger partial charge in [0.25, 0.3) is 0 Å². The molecule has 0 saturated heterocycles. The molecule has 4 heteroatoms. The van der Waals surface area contributed by atoms with E-state index in [0.29, 0.717) is 5.57 Å². The topological polar surface area (TPSA) is 57.5 Å². The maximum absolute atomic E-state index is 10.5. The molecule has 0 unspecified atom stereocenters. The Hall–Kier alpha value is -0.532. The van der Waals surface area contributed by atoms with Crippen molar-refractivity contribution < 1.29 is 34.4 Å². The van der Waals surface area contributed by atoms with Crippen molar-refractivity contribution in [2.45, 2.75) is 6.92 Å². The number of allylic oxidation sites excluding steroid dienone is 1. The van der Waals surface area contributed by atoms with Crippen LogP contribution in [0.2, 0.25) is 0 Å². The van der Waals surface area contributed by atoms with Gasteiger partial charge in [-0.25, -0.2) is 0 Å².